The maximum Gasteiger partial charge on any atom is 0.221 e. The van der Waals surface area contributed by atoms with Crippen molar-refractivity contribution in [3.8, 4) is 0 Å². The molecule has 0 saturated carbocycles. The number of rotatable bonds is 6. The second-order valence-electron chi connectivity index (χ2n) is 4.34. The summed E-state index contributed by atoms with van der Waals surface area (Å²) >= 11 is 2.95. The Morgan fingerprint density at radius 3 is 2.89 bits per heavy atom. The van der Waals surface area contributed by atoms with Crippen LogP contribution in [0.25, 0.3) is 0 Å². The van der Waals surface area contributed by atoms with Crippen LogP contribution >= 0.6 is 15.9 Å². The summed E-state index contributed by atoms with van der Waals surface area (Å²) in [6.45, 7) is 2.42. The van der Waals surface area contributed by atoms with Gasteiger partial charge in [0, 0.05) is 25.3 Å². The fourth-order valence-electron chi connectivity index (χ4n) is 2.18. The lowest BCUT2D eigenvalue weighted by Crippen LogP contribution is -2.29. The van der Waals surface area contributed by atoms with Gasteiger partial charge in [-0.05, 0) is 24.5 Å². The van der Waals surface area contributed by atoms with Crippen LogP contribution in [-0.4, -0.2) is 32.7 Å². The maximum atomic E-state index is 11.2. The Balaban J connectivity index is 1.79. The van der Waals surface area contributed by atoms with E-state index < -0.39 is 10.0 Å². The normalized spacial score (nSPS) is 14.8. The van der Waals surface area contributed by atoms with E-state index in [9.17, 15) is 8.42 Å². The van der Waals surface area contributed by atoms with E-state index in [2.05, 4.69) is 43.8 Å². The van der Waals surface area contributed by atoms with Crippen molar-refractivity contribution < 1.29 is 8.42 Å². The third-order valence-corrected chi connectivity index (χ3v) is 5.79. The Morgan fingerprint density at radius 2 is 2.11 bits per heavy atom. The summed E-state index contributed by atoms with van der Waals surface area (Å²) < 4.78 is 25.0. The molecule has 1 aliphatic rings. The summed E-state index contributed by atoms with van der Waals surface area (Å²) in [5.41, 5.74) is 2.68. The zero-order valence-electron chi connectivity index (χ0n) is 10.1. The molecule has 1 heterocycles. The molecule has 0 amide bonds. The smallest absolute Gasteiger partial charge is 0.221 e. The molecule has 0 aromatic heterocycles. The molecule has 4 nitrogen and oxygen atoms in total. The largest absolute Gasteiger partial charge is 0.371 e. The Kier molecular flexibility index (Phi) is 4.64. The van der Waals surface area contributed by atoms with E-state index in [0.717, 1.165) is 25.9 Å². The fraction of sp³-hybridized carbons (Fsp3) is 0.500. The van der Waals surface area contributed by atoms with Crippen molar-refractivity contribution in [2.75, 3.05) is 29.2 Å². The van der Waals surface area contributed by atoms with Crippen LogP contribution in [0.5, 0.6) is 0 Å². The zero-order chi connectivity index (χ0) is 13.0. The van der Waals surface area contributed by atoms with Gasteiger partial charge in [-0.15, -0.1) is 0 Å². The minimum absolute atomic E-state index is 0.0352. The lowest BCUT2D eigenvalue weighted by Gasteiger charge is -2.19. The second-order valence-corrected chi connectivity index (χ2v) is 7.45. The third-order valence-electron chi connectivity index (χ3n) is 3.05. The Bertz CT molecular complexity index is 505. The van der Waals surface area contributed by atoms with Crippen molar-refractivity contribution >= 4 is 31.6 Å². The lowest BCUT2D eigenvalue weighted by molar-refractivity contribution is 0.583. The van der Waals surface area contributed by atoms with Crippen molar-refractivity contribution in [2.24, 2.45) is 0 Å². The molecule has 0 unspecified atom stereocenters. The van der Waals surface area contributed by atoms with Gasteiger partial charge in [-0.2, -0.15) is 0 Å². The van der Waals surface area contributed by atoms with Crippen LogP contribution < -0.4 is 9.62 Å². The second kappa shape index (κ2) is 6.04. The Morgan fingerprint density at radius 1 is 1.33 bits per heavy atom. The monoisotopic (exact) mass is 332 g/mol. The first-order valence-corrected chi connectivity index (χ1v) is 8.76. The predicted molar refractivity (Wildman–Crippen MR) is 77.7 cm³/mol. The third kappa shape index (κ3) is 3.46. The van der Waals surface area contributed by atoms with Crippen molar-refractivity contribution in [3.63, 3.8) is 0 Å². The first-order valence-electron chi connectivity index (χ1n) is 5.98. The quantitative estimate of drug-likeness (QED) is 0.637. The molecule has 0 aliphatic carbocycles. The van der Waals surface area contributed by atoms with Gasteiger partial charge < -0.3 is 4.90 Å². The van der Waals surface area contributed by atoms with Crippen LogP contribution in [0.2, 0.25) is 0 Å². The SMILES string of the molecule is O=S(=O)(CBr)NCCCN1CCc2ccccc21. The van der Waals surface area contributed by atoms with E-state index >= 15 is 0 Å². The Hall–Kier alpha value is -0.590. The predicted octanol–water partition coefficient (Wildman–Crippen LogP) is 1.71. The zero-order valence-corrected chi connectivity index (χ0v) is 12.5. The molecule has 100 valence electrons. The molecular formula is C12H17BrN2O2S. The number of anilines is 1. The number of nitrogens with zero attached hydrogens (tertiary/aromatic N) is 1. The fourth-order valence-corrected chi connectivity index (χ4v) is 3.19. The summed E-state index contributed by atoms with van der Waals surface area (Å²) in [5, 5.41) is 0. The number of benzene rings is 1. The highest BCUT2D eigenvalue weighted by molar-refractivity contribution is 9.10. The molecule has 1 N–H and O–H groups in total. The average molecular weight is 333 g/mol. The minimum Gasteiger partial charge on any atom is -0.371 e. The van der Waals surface area contributed by atoms with Gasteiger partial charge in [0.2, 0.25) is 10.0 Å². The van der Waals surface area contributed by atoms with E-state index in [1.54, 1.807) is 0 Å². The number of para-hydroxylation sites is 1. The van der Waals surface area contributed by atoms with Crippen molar-refractivity contribution in [3.05, 3.63) is 29.8 Å². The van der Waals surface area contributed by atoms with Gasteiger partial charge >= 0.3 is 0 Å². The molecule has 6 heteroatoms. The highest BCUT2D eigenvalue weighted by Gasteiger charge is 2.17. The molecule has 0 bridgehead atoms. The number of alkyl halides is 1. The number of halogens is 1. The molecule has 0 spiro atoms. The van der Waals surface area contributed by atoms with Crippen LogP contribution in [0.3, 0.4) is 0 Å². The molecular weight excluding hydrogens is 316 g/mol. The van der Waals surface area contributed by atoms with Crippen LogP contribution in [0.1, 0.15) is 12.0 Å². The lowest BCUT2D eigenvalue weighted by atomic mass is 10.2. The van der Waals surface area contributed by atoms with Crippen LogP contribution in [-0.2, 0) is 16.4 Å². The topological polar surface area (TPSA) is 49.4 Å². The maximum absolute atomic E-state index is 11.2. The molecule has 1 aromatic rings. The molecule has 0 atom stereocenters. The number of hydrogen-bond acceptors (Lipinski definition) is 3. The summed E-state index contributed by atoms with van der Waals surface area (Å²) in [7, 11) is -3.13. The van der Waals surface area contributed by atoms with Crippen molar-refractivity contribution in [1.29, 1.82) is 0 Å². The van der Waals surface area contributed by atoms with Gasteiger partial charge in [0.05, 0.1) is 0 Å². The molecule has 18 heavy (non-hydrogen) atoms. The molecule has 2 rings (SSSR count). The van der Waals surface area contributed by atoms with Crippen LogP contribution in [0, 0.1) is 0 Å². The van der Waals surface area contributed by atoms with Crippen molar-refractivity contribution in [2.45, 2.75) is 12.8 Å². The van der Waals surface area contributed by atoms with E-state index in [1.807, 2.05) is 6.07 Å². The molecule has 0 radical (unpaired) electrons. The summed E-state index contributed by atoms with van der Waals surface area (Å²) in [5.74, 6) is 0. The van der Waals surface area contributed by atoms with Gasteiger partial charge in [0.15, 0.2) is 0 Å². The van der Waals surface area contributed by atoms with Crippen LogP contribution in [0.4, 0.5) is 5.69 Å². The molecule has 0 saturated heterocycles. The Labute approximate surface area is 117 Å². The van der Waals surface area contributed by atoms with E-state index in [1.165, 1.54) is 11.3 Å². The minimum atomic E-state index is -3.13. The first kappa shape index (κ1) is 13.8. The first-order chi connectivity index (χ1) is 8.62. The number of fused-ring (bicyclic) bond motifs is 1. The van der Waals surface area contributed by atoms with Gasteiger partial charge in [-0.1, -0.05) is 34.1 Å². The molecule has 0 fully saturated rings. The van der Waals surface area contributed by atoms with E-state index in [-0.39, 0.29) is 4.66 Å². The number of nitrogens with one attached hydrogen (secondary N) is 1. The number of sulfonamides is 1. The number of hydrogen-bond donors (Lipinski definition) is 1. The van der Waals surface area contributed by atoms with Gasteiger partial charge in [-0.3, -0.25) is 0 Å². The standard InChI is InChI=1S/C12H17BrN2O2S/c13-10-18(16,17)14-7-3-8-15-9-6-11-4-1-2-5-12(11)15/h1-2,4-5,14H,3,6-10H2. The summed E-state index contributed by atoms with van der Waals surface area (Å²) in [6.07, 6.45) is 1.91. The van der Waals surface area contributed by atoms with Gasteiger partial charge in [0.1, 0.15) is 4.66 Å². The van der Waals surface area contributed by atoms with Gasteiger partial charge in [-0.25, -0.2) is 13.1 Å². The van der Waals surface area contributed by atoms with E-state index in [4.69, 9.17) is 0 Å². The van der Waals surface area contributed by atoms with Gasteiger partial charge in [0.25, 0.3) is 0 Å². The van der Waals surface area contributed by atoms with Crippen molar-refractivity contribution in [1.82, 2.24) is 4.72 Å². The summed E-state index contributed by atoms with van der Waals surface area (Å²) in [4.78, 5) is 2.32. The van der Waals surface area contributed by atoms with E-state index in [0.29, 0.717) is 6.54 Å². The molecule has 1 aromatic carbocycles. The highest BCUT2D eigenvalue weighted by atomic mass is 79.9. The highest BCUT2D eigenvalue weighted by Crippen LogP contribution is 2.27. The van der Waals surface area contributed by atoms with Crippen LogP contribution in [0.15, 0.2) is 24.3 Å². The average Bonchev–Trinajstić information content (AvgIpc) is 2.78. The molecule has 1 aliphatic heterocycles. The summed E-state index contributed by atoms with van der Waals surface area (Å²) in [6, 6.07) is 8.39.